The lowest BCUT2D eigenvalue weighted by Gasteiger charge is -2.19. The van der Waals surface area contributed by atoms with Gasteiger partial charge in [0.25, 0.3) is 0 Å². The SMILES string of the molecule is CC(C)(C)OCCn1cc([N+](=O)[O-])cn1. The summed E-state index contributed by atoms with van der Waals surface area (Å²) >= 11 is 0. The van der Waals surface area contributed by atoms with Gasteiger partial charge in [0.2, 0.25) is 0 Å². The maximum Gasteiger partial charge on any atom is 0.306 e. The van der Waals surface area contributed by atoms with Crippen molar-refractivity contribution in [1.29, 1.82) is 0 Å². The van der Waals surface area contributed by atoms with Crippen LogP contribution in [0.25, 0.3) is 0 Å². The first kappa shape index (κ1) is 11.6. The Hall–Kier alpha value is -1.43. The van der Waals surface area contributed by atoms with Crippen molar-refractivity contribution >= 4 is 5.69 Å². The molecule has 1 aromatic rings. The summed E-state index contributed by atoms with van der Waals surface area (Å²) in [6, 6.07) is 0. The summed E-state index contributed by atoms with van der Waals surface area (Å²) in [5.41, 5.74) is -0.190. The van der Waals surface area contributed by atoms with Crippen LogP contribution in [-0.4, -0.2) is 26.9 Å². The van der Waals surface area contributed by atoms with E-state index >= 15 is 0 Å². The molecule has 0 fully saturated rings. The van der Waals surface area contributed by atoms with E-state index in [0.717, 1.165) is 0 Å². The van der Waals surface area contributed by atoms with Crippen molar-refractivity contribution < 1.29 is 9.66 Å². The lowest BCUT2D eigenvalue weighted by molar-refractivity contribution is -0.385. The number of rotatable bonds is 4. The van der Waals surface area contributed by atoms with Gasteiger partial charge in [-0.05, 0) is 20.8 Å². The number of nitrogens with zero attached hydrogens (tertiary/aromatic N) is 3. The molecular weight excluding hydrogens is 198 g/mol. The van der Waals surface area contributed by atoms with Gasteiger partial charge in [0.05, 0.1) is 23.7 Å². The zero-order chi connectivity index (χ0) is 11.5. The fraction of sp³-hybridized carbons (Fsp3) is 0.667. The summed E-state index contributed by atoms with van der Waals surface area (Å²) in [6.07, 6.45) is 2.63. The van der Waals surface area contributed by atoms with Crippen molar-refractivity contribution in [3.05, 3.63) is 22.5 Å². The van der Waals surface area contributed by atoms with Gasteiger partial charge >= 0.3 is 5.69 Å². The summed E-state index contributed by atoms with van der Waals surface area (Å²) in [4.78, 5) is 9.90. The lowest BCUT2D eigenvalue weighted by atomic mass is 10.2. The molecular formula is C9H15N3O3. The first-order valence-electron chi connectivity index (χ1n) is 4.69. The van der Waals surface area contributed by atoms with Gasteiger partial charge in [0.15, 0.2) is 0 Å². The summed E-state index contributed by atoms with van der Waals surface area (Å²) in [5.74, 6) is 0. The molecule has 0 aliphatic carbocycles. The van der Waals surface area contributed by atoms with E-state index in [9.17, 15) is 10.1 Å². The van der Waals surface area contributed by atoms with E-state index in [1.54, 1.807) is 0 Å². The molecule has 0 amide bonds. The molecule has 0 radical (unpaired) electrons. The van der Waals surface area contributed by atoms with Crippen LogP contribution >= 0.6 is 0 Å². The summed E-state index contributed by atoms with van der Waals surface area (Å²) < 4.78 is 6.98. The molecule has 6 nitrogen and oxygen atoms in total. The average molecular weight is 213 g/mol. The molecule has 1 rings (SSSR count). The van der Waals surface area contributed by atoms with Crippen LogP contribution < -0.4 is 0 Å². The Kier molecular flexibility index (Phi) is 3.41. The summed E-state index contributed by atoms with van der Waals surface area (Å²) in [6.45, 7) is 6.88. The Balaban J connectivity index is 2.41. The number of ether oxygens (including phenoxy) is 1. The van der Waals surface area contributed by atoms with Crippen LogP contribution in [0.15, 0.2) is 12.4 Å². The van der Waals surface area contributed by atoms with E-state index < -0.39 is 4.92 Å². The van der Waals surface area contributed by atoms with Crippen LogP contribution in [0.2, 0.25) is 0 Å². The molecule has 0 atom stereocenters. The minimum Gasteiger partial charge on any atom is -0.374 e. The van der Waals surface area contributed by atoms with Gasteiger partial charge in [-0.25, -0.2) is 0 Å². The number of nitro groups is 1. The predicted octanol–water partition coefficient (Wildman–Crippen LogP) is 1.61. The van der Waals surface area contributed by atoms with Gasteiger partial charge in [0, 0.05) is 0 Å². The predicted molar refractivity (Wildman–Crippen MR) is 54.6 cm³/mol. The van der Waals surface area contributed by atoms with Gasteiger partial charge in [-0.15, -0.1) is 0 Å². The van der Waals surface area contributed by atoms with E-state index in [4.69, 9.17) is 4.74 Å². The molecule has 0 saturated heterocycles. The second-order valence-corrected chi connectivity index (χ2v) is 4.18. The Morgan fingerprint density at radius 1 is 1.60 bits per heavy atom. The smallest absolute Gasteiger partial charge is 0.306 e. The van der Waals surface area contributed by atoms with Crippen LogP contribution in [0.3, 0.4) is 0 Å². The highest BCUT2D eigenvalue weighted by atomic mass is 16.6. The molecule has 15 heavy (non-hydrogen) atoms. The normalized spacial score (nSPS) is 11.7. The van der Waals surface area contributed by atoms with Crippen molar-refractivity contribution in [2.45, 2.75) is 32.9 Å². The third kappa shape index (κ3) is 4.07. The van der Waals surface area contributed by atoms with E-state index in [2.05, 4.69) is 5.10 Å². The van der Waals surface area contributed by atoms with Crippen molar-refractivity contribution in [2.75, 3.05) is 6.61 Å². The lowest BCUT2D eigenvalue weighted by Crippen LogP contribution is -2.21. The minimum atomic E-state index is -0.464. The molecule has 0 aromatic carbocycles. The maximum absolute atomic E-state index is 10.4. The zero-order valence-electron chi connectivity index (χ0n) is 9.14. The van der Waals surface area contributed by atoms with Gasteiger partial charge in [-0.3, -0.25) is 14.8 Å². The molecule has 84 valence electrons. The Labute approximate surface area is 88.0 Å². The molecule has 1 aromatic heterocycles. The third-order valence-corrected chi connectivity index (χ3v) is 1.69. The third-order valence-electron chi connectivity index (χ3n) is 1.69. The van der Waals surface area contributed by atoms with Crippen molar-refractivity contribution in [1.82, 2.24) is 9.78 Å². The van der Waals surface area contributed by atoms with Gasteiger partial charge in [-0.1, -0.05) is 0 Å². The zero-order valence-corrected chi connectivity index (χ0v) is 9.14. The Bertz CT molecular complexity index is 341. The average Bonchev–Trinajstić information content (AvgIpc) is 2.50. The second-order valence-electron chi connectivity index (χ2n) is 4.18. The fourth-order valence-electron chi connectivity index (χ4n) is 1.01. The largest absolute Gasteiger partial charge is 0.374 e. The highest BCUT2D eigenvalue weighted by Gasteiger charge is 2.11. The first-order chi connectivity index (χ1) is 6.88. The van der Waals surface area contributed by atoms with Crippen LogP contribution in [0.1, 0.15) is 20.8 Å². The molecule has 0 N–H and O–H groups in total. The van der Waals surface area contributed by atoms with Gasteiger partial charge in [0.1, 0.15) is 12.4 Å². The van der Waals surface area contributed by atoms with Crippen molar-refractivity contribution in [2.24, 2.45) is 0 Å². The molecule has 1 heterocycles. The van der Waals surface area contributed by atoms with E-state index in [0.29, 0.717) is 13.2 Å². The molecule has 0 bridgehead atoms. The number of aromatic nitrogens is 2. The van der Waals surface area contributed by atoms with Crippen LogP contribution in [-0.2, 0) is 11.3 Å². The van der Waals surface area contributed by atoms with Crippen LogP contribution in [0.5, 0.6) is 0 Å². The van der Waals surface area contributed by atoms with E-state index in [1.807, 2.05) is 20.8 Å². The van der Waals surface area contributed by atoms with Crippen LogP contribution in [0.4, 0.5) is 5.69 Å². The molecule has 0 aliphatic rings. The molecule has 0 spiro atoms. The van der Waals surface area contributed by atoms with E-state index in [-0.39, 0.29) is 11.3 Å². The molecule has 0 aliphatic heterocycles. The van der Waals surface area contributed by atoms with Gasteiger partial charge < -0.3 is 4.74 Å². The van der Waals surface area contributed by atoms with Gasteiger partial charge in [-0.2, -0.15) is 5.10 Å². The standard InChI is InChI=1S/C9H15N3O3/c1-9(2,3)15-5-4-11-7-8(6-10-11)12(13)14/h6-7H,4-5H2,1-3H3. The van der Waals surface area contributed by atoms with Crippen molar-refractivity contribution in [3.63, 3.8) is 0 Å². The second kappa shape index (κ2) is 4.39. The molecule has 6 heteroatoms. The highest BCUT2D eigenvalue weighted by Crippen LogP contribution is 2.09. The van der Waals surface area contributed by atoms with Crippen LogP contribution in [0, 0.1) is 10.1 Å². The topological polar surface area (TPSA) is 70.2 Å². The fourth-order valence-corrected chi connectivity index (χ4v) is 1.01. The summed E-state index contributed by atoms with van der Waals surface area (Å²) in [7, 11) is 0. The summed E-state index contributed by atoms with van der Waals surface area (Å²) in [5, 5.41) is 14.2. The maximum atomic E-state index is 10.4. The van der Waals surface area contributed by atoms with Crippen molar-refractivity contribution in [3.8, 4) is 0 Å². The van der Waals surface area contributed by atoms with E-state index in [1.165, 1.54) is 17.1 Å². The number of hydrogen-bond donors (Lipinski definition) is 0. The quantitative estimate of drug-likeness (QED) is 0.562. The first-order valence-corrected chi connectivity index (χ1v) is 4.69. The highest BCUT2D eigenvalue weighted by molar-refractivity contribution is 5.20. The minimum absolute atomic E-state index is 0.00533. The molecule has 0 saturated carbocycles. The number of hydrogen-bond acceptors (Lipinski definition) is 4. The Morgan fingerprint density at radius 2 is 2.27 bits per heavy atom. The monoisotopic (exact) mass is 213 g/mol. The Morgan fingerprint density at radius 3 is 2.73 bits per heavy atom. The molecule has 0 unspecified atom stereocenters.